The van der Waals surface area contributed by atoms with Crippen molar-refractivity contribution in [3.05, 3.63) is 41.1 Å². The molecule has 0 atom stereocenters. The minimum atomic E-state index is -0.108. The summed E-state index contributed by atoms with van der Waals surface area (Å²) in [7, 11) is 0. The van der Waals surface area contributed by atoms with Crippen LogP contribution in [0.25, 0.3) is 0 Å². The molecular formula is C12H12ClN5O. The summed E-state index contributed by atoms with van der Waals surface area (Å²) in [5.41, 5.74) is 5.98. The smallest absolute Gasteiger partial charge is 0.255 e. The molecule has 3 heterocycles. The lowest BCUT2D eigenvalue weighted by Gasteiger charge is -2.27. The largest absolute Gasteiger partial charge is 0.382 e. The molecule has 0 unspecified atom stereocenters. The van der Waals surface area contributed by atoms with Gasteiger partial charge >= 0.3 is 0 Å². The van der Waals surface area contributed by atoms with Gasteiger partial charge in [-0.1, -0.05) is 11.6 Å². The van der Waals surface area contributed by atoms with Gasteiger partial charge in [-0.05, 0) is 6.07 Å². The van der Waals surface area contributed by atoms with Crippen LogP contribution in [-0.4, -0.2) is 31.9 Å². The van der Waals surface area contributed by atoms with Crippen LogP contribution in [0, 0.1) is 0 Å². The van der Waals surface area contributed by atoms with Crippen molar-refractivity contribution >= 4 is 23.3 Å². The molecule has 6 nitrogen and oxygen atoms in total. The van der Waals surface area contributed by atoms with Gasteiger partial charge in [-0.2, -0.15) is 0 Å². The van der Waals surface area contributed by atoms with Crippen molar-refractivity contribution in [1.82, 2.24) is 19.4 Å². The van der Waals surface area contributed by atoms with Crippen molar-refractivity contribution in [3.63, 3.8) is 0 Å². The number of hydrogen-bond donors (Lipinski definition) is 1. The Kier molecular flexibility index (Phi) is 2.87. The number of imidazole rings is 1. The number of amides is 1. The normalized spacial score (nSPS) is 14.3. The Morgan fingerprint density at radius 3 is 3.00 bits per heavy atom. The fraction of sp³-hybridized carbons (Fsp3) is 0.250. The number of carbonyl (C=O) groups excluding carboxylic acids is 1. The number of carbonyl (C=O) groups is 1. The maximum atomic E-state index is 12.3. The highest BCUT2D eigenvalue weighted by atomic mass is 35.5. The molecule has 2 N–H and O–H groups in total. The van der Waals surface area contributed by atoms with Crippen molar-refractivity contribution in [2.45, 2.75) is 13.1 Å². The average molecular weight is 278 g/mol. The summed E-state index contributed by atoms with van der Waals surface area (Å²) in [5.74, 6) is 1.00. The first kappa shape index (κ1) is 12.0. The second-order valence-corrected chi connectivity index (χ2v) is 4.76. The van der Waals surface area contributed by atoms with Gasteiger partial charge < -0.3 is 15.2 Å². The third kappa shape index (κ3) is 2.15. The summed E-state index contributed by atoms with van der Waals surface area (Å²) in [6.07, 6.45) is 5.11. The van der Waals surface area contributed by atoms with Gasteiger partial charge in [-0.25, -0.2) is 9.97 Å². The van der Waals surface area contributed by atoms with Crippen molar-refractivity contribution in [2.75, 3.05) is 12.3 Å². The van der Waals surface area contributed by atoms with Gasteiger partial charge in [-0.3, -0.25) is 4.79 Å². The highest BCUT2D eigenvalue weighted by molar-refractivity contribution is 6.33. The second-order valence-electron chi connectivity index (χ2n) is 4.35. The van der Waals surface area contributed by atoms with Crippen LogP contribution >= 0.6 is 11.6 Å². The van der Waals surface area contributed by atoms with E-state index >= 15 is 0 Å². The highest BCUT2D eigenvalue weighted by Gasteiger charge is 2.22. The van der Waals surface area contributed by atoms with E-state index in [4.69, 9.17) is 17.3 Å². The average Bonchev–Trinajstić information content (AvgIpc) is 2.88. The van der Waals surface area contributed by atoms with Crippen LogP contribution in [0.1, 0.15) is 16.2 Å². The van der Waals surface area contributed by atoms with Crippen molar-refractivity contribution in [3.8, 4) is 0 Å². The summed E-state index contributed by atoms with van der Waals surface area (Å²) >= 11 is 5.89. The first-order valence-electron chi connectivity index (χ1n) is 5.85. The number of rotatable bonds is 1. The molecule has 2 aromatic heterocycles. The first-order chi connectivity index (χ1) is 9.15. The Morgan fingerprint density at radius 1 is 1.37 bits per heavy atom. The van der Waals surface area contributed by atoms with Gasteiger partial charge in [0.25, 0.3) is 5.91 Å². The minimum Gasteiger partial charge on any atom is -0.382 e. The summed E-state index contributed by atoms with van der Waals surface area (Å²) in [5, 5.41) is 0.296. The zero-order valence-corrected chi connectivity index (χ0v) is 10.8. The van der Waals surface area contributed by atoms with E-state index < -0.39 is 0 Å². The van der Waals surface area contributed by atoms with Gasteiger partial charge in [0.2, 0.25) is 0 Å². The van der Waals surface area contributed by atoms with Gasteiger partial charge in [-0.15, -0.1) is 0 Å². The van der Waals surface area contributed by atoms with Crippen molar-refractivity contribution in [1.29, 1.82) is 0 Å². The lowest BCUT2D eigenvalue weighted by molar-refractivity contribution is 0.0707. The molecular weight excluding hydrogens is 266 g/mol. The number of hydrogen-bond acceptors (Lipinski definition) is 4. The maximum absolute atomic E-state index is 12.3. The number of pyridine rings is 1. The van der Waals surface area contributed by atoms with E-state index in [9.17, 15) is 4.79 Å². The molecule has 3 rings (SSSR count). The molecule has 0 saturated carbocycles. The minimum absolute atomic E-state index is 0.108. The Balaban J connectivity index is 1.83. The van der Waals surface area contributed by atoms with Crippen molar-refractivity contribution in [2.24, 2.45) is 0 Å². The molecule has 98 valence electrons. The number of aromatic nitrogens is 3. The molecule has 0 spiro atoms. The third-order valence-electron chi connectivity index (χ3n) is 3.15. The number of nitrogens with two attached hydrogens (primary N) is 1. The molecule has 0 fully saturated rings. The quantitative estimate of drug-likeness (QED) is 0.849. The Labute approximate surface area is 114 Å². The van der Waals surface area contributed by atoms with Crippen LogP contribution in [-0.2, 0) is 13.1 Å². The van der Waals surface area contributed by atoms with Crippen LogP contribution in [0.5, 0.6) is 0 Å². The maximum Gasteiger partial charge on any atom is 0.255 e. The first-order valence-corrected chi connectivity index (χ1v) is 6.23. The number of halogens is 1. The van der Waals surface area contributed by atoms with E-state index in [0.717, 1.165) is 12.4 Å². The molecule has 7 heteroatoms. The molecule has 1 aliphatic heterocycles. The molecule has 19 heavy (non-hydrogen) atoms. The Hall–Kier alpha value is -2.08. The summed E-state index contributed by atoms with van der Waals surface area (Å²) in [6.45, 7) is 1.88. The molecule has 1 amide bonds. The van der Waals surface area contributed by atoms with Gasteiger partial charge in [0.1, 0.15) is 11.6 Å². The third-order valence-corrected chi connectivity index (χ3v) is 3.45. The SMILES string of the molecule is Nc1ncc(C(=O)N2CCn3ccnc3C2)cc1Cl. The fourth-order valence-electron chi connectivity index (χ4n) is 2.09. The van der Waals surface area contributed by atoms with E-state index in [0.29, 0.717) is 23.7 Å². The molecule has 1 aliphatic rings. The number of anilines is 1. The molecule has 0 aromatic carbocycles. The van der Waals surface area contributed by atoms with E-state index in [1.807, 2.05) is 10.8 Å². The van der Waals surface area contributed by atoms with Gasteiger partial charge in [0.15, 0.2) is 0 Å². The molecule has 0 aliphatic carbocycles. The van der Waals surface area contributed by atoms with Crippen LogP contribution in [0.3, 0.4) is 0 Å². The predicted octanol–water partition coefficient (Wildman–Crippen LogP) is 1.17. The zero-order valence-electron chi connectivity index (χ0n) is 10.1. The van der Waals surface area contributed by atoms with Crippen LogP contribution in [0.4, 0.5) is 5.82 Å². The highest BCUT2D eigenvalue weighted by Crippen LogP contribution is 2.19. The van der Waals surface area contributed by atoms with Gasteiger partial charge in [0.05, 0.1) is 17.1 Å². The summed E-state index contributed by atoms with van der Waals surface area (Å²) < 4.78 is 2.04. The Morgan fingerprint density at radius 2 is 2.21 bits per heavy atom. The fourth-order valence-corrected chi connectivity index (χ4v) is 2.26. The lowest BCUT2D eigenvalue weighted by Crippen LogP contribution is -2.38. The van der Waals surface area contributed by atoms with E-state index in [2.05, 4.69) is 9.97 Å². The van der Waals surface area contributed by atoms with Crippen molar-refractivity contribution < 1.29 is 4.79 Å². The second kappa shape index (κ2) is 4.55. The van der Waals surface area contributed by atoms with E-state index in [1.54, 1.807) is 17.2 Å². The predicted molar refractivity (Wildman–Crippen MR) is 70.6 cm³/mol. The number of nitrogen functional groups attached to an aromatic ring is 1. The standard InChI is InChI=1S/C12H12ClN5O/c13-9-5-8(6-16-11(9)14)12(19)18-4-3-17-2-1-15-10(17)7-18/h1-2,5-6H,3-4,7H2,(H2,14,16). The van der Waals surface area contributed by atoms with Gasteiger partial charge in [0, 0.05) is 31.7 Å². The number of nitrogens with zero attached hydrogens (tertiary/aromatic N) is 4. The molecule has 0 bridgehead atoms. The van der Waals surface area contributed by atoms with E-state index in [1.165, 1.54) is 6.20 Å². The summed E-state index contributed by atoms with van der Waals surface area (Å²) in [6, 6.07) is 1.55. The molecule has 0 radical (unpaired) electrons. The van der Waals surface area contributed by atoms with Crippen LogP contribution in [0.15, 0.2) is 24.7 Å². The van der Waals surface area contributed by atoms with Crippen LogP contribution in [0.2, 0.25) is 5.02 Å². The zero-order chi connectivity index (χ0) is 13.4. The Bertz CT molecular complexity index is 639. The summed E-state index contributed by atoms with van der Waals surface area (Å²) in [4.78, 5) is 22.2. The van der Waals surface area contributed by atoms with E-state index in [-0.39, 0.29) is 11.7 Å². The molecule has 2 aromatic rings. The number of fused-ring (bicyclic) bond motifs is 1. The molecule has 0 saturated heterocycles. The monoisotopic (exact) mass is 277 g/mol. The lowest BCUT2D eigenvalue weighted by atomic mass is 10.2. The van der Waals surface area contributed by atoms with Crippen LogP contribution < -0.4 is 5.73 Å². The topological polar surface area (TPSA) is 77.0 Å².